The molecular formula is C32H23O3PS. The number of benzene rings is 5. The summed E-state index contributed by atoms with van der Waals surface area (Å²) in [6.45, 7) is 0. The van der Waals surface area contributed by atoms with E-state index in [1.807, 2.05) is 30.3 Å². The molecule has 2 aliphatic rings. The van der Waals surface area contributed by atoms with E-state index in [4.69, 9.17) is 0 Å². The quantitative estimate of drug-likeness (QED) is 0.208. The average Bonchev–Trinajstić information content (AvgIpc) is 3.41. The summed E-state index contributed by atoms with van der Waals surface area (Å²) in [5.41, 5.74) is 11.4. The second-order valence-electron chi connectivity index (χ2n) is 9.67. The topological polar surface area (TPSA) is 54.4 Å². The van der Waals surface area contributed by atoms with E-state index in [9.17, 15) is 13.0 Å². The Morgan fingerprint density at radius 3 is 1.30 bits per heavy atom. The van der Waals surface area contributed by atoms with Crippen LogP contribution in [0.5, 0.6) is 0 Å². The second kappa shape index (κ2) is 8.22. The van der Waals surface area contributed by atoms with Crippen molar-refractivity contribution in [2.45, 2.75) is 16.7 Å². The number of rotatable bonds is 3. The minimum Gasteiger partial charge on any atom is -0.282 e. The molecule has 5 aromatic carbocycles. The van der Waals surface area contributed by atoms with Crippen molar-refractivity contribution in [3.63, 3.8) is 0 Å². The molecule has 0 bridgehead atoms. The third-order valence-electron chi connectivity index (χ3n) is 7.83. The molecule has 0 radical (unpaired) electrons. The molecule has 0 heterocycles. The number of hydrogen-bond donors (Lipinski definition) is 1. The molecule has 5 heteroatoms. The van der Waals surface area contributed by atoms with Gasteiger partial charge >= 0.3 is 0 Å². The second-order valence-corrected chi connectivity index (χ2v) is 11.6. The van der Waals surface area contributed by atoms with Crippen molar-refractivity contribution in [3.05, 3.63) is 143 Å². The predicted molar refractivity (Wildman–Crippen MR) is 151 cm³/mol. The van der Waals surface area contributed by atoms with Crippen LogP contribution in [-0.4, -0.2) is 13.0 Å². The standard InChI is InChI=1S/C32H23O3PS/c33-37(34,35)28-18-17-27(29-23-13-5-1-9-19(23)20-10-2-6-14-24(20)29)31(32(28)36)30-25-15-7-3-11-21(25)22-12-4-8-16-26(22)30/h1-18,29-30H,36H2,(H,33,34,35). The fourth-order valence-corrected chi connectivity index (χ4v) is 7.89. The molecule has 5 aromatic rings. The van der Waals surface area contributed by atoms with E-state index < -0.39 is 10.1 Å². The van der Waals surface area contributed by atoms with Gasteiger partial charge in [0.2, 0.25) is 0 Å². The largest absolute Gasteiger partial charge is 0.295 e. The lowest BCUT2D eigenvalue weighted by Gasteiger charge is -2.26. The van der Waals surface area contributed by atoms with E-state index in [-0.39, 0.29) is 16.7 Å². The van der Waals surface area contributed by atoms with Gasteiger partial charge in [0, 0.05) is 11.8 Å². The highest BCUT2D eigenvalue weighted by Gasteiger charge is 2.38. The normalized spacial score (nSPS) is 14.2. The van der Waals surface area contributed by atoms with Crippen molar-refractivity contribution in [3.8, 4) is 22.3 Å². The van der Waals surface area contributed by atoms with Crippen LogP contribution in [0, 0.1) is 0 Å². The summed E-state index contributed by atoms with van der Waals surface area (Å²) in [5, 5.41) is 0.512. The molecule has 0 aromatic heterocycles. The molecule has 0 saturated heterocycles. The third-order valence-corrected chi connectivity index (χ3v) is 9.57. The Labute approximate surface area is 218 Å². The number of hydrogen-bond acceptors (Lipinski definition) is 2. The lowest BCUT2D eigenvalue weighted by Crippen LogP contribution is -2.21. The predicted octanol–water partition coefficient (Wildman–Crippen LogP) is 6.75. The van der Waals surface area contributed by atoms with Crippen LogP contribution in [0.4, 0.5) is 0 Å². The highest BCUT2D eigenvalue weighted by Crippen LogP contribution is 2.53. The molecule has 7 rings (SSSR count). The first-order valence-electron chi connectivity index (χ1n) is 12.2. The van der Waals surface area contributed by atoms with Gasteiger partial charge in [-0.25, -0.2) is 0 Å². The van der Waals surface area contributed by atoms with Gasteiger partial charge in [-0.1, -0.05) is 103 Å². The van der Waals surface area contributed by atoms with Gasteiger partial charge < -0.3 is 0 Å². The van der Waals surface area contributed by atoms with Gasteiger partial charge in [0.15, 0.2) is 0 Å². The van der Waals surface area contributed by atoms with E-state index >= 15 is 0 Å². The molecule has 0 fully saturated rings. The van der Waals surface area contributed by atoms with Crippen LogP contribution < -0.4 is 5.30 Å². The number of fused-ring (bicyclic) bond motifs is 6. The minimum absolute atomic E-state index is 0.0583. The van der Waals surface area contributed by atoms with Crippen LogP contribution in [0.15, 0.2) is 114 Å². The highest BCUT2D eigenvalue weighted by molar-refractivity contribution is 7.86. The van der Waals surface area contributed by atoms with Gasteiger partial charge in [0.1, 0.15) is 4.90 Å². The first-order chi connectivity index (χ1) is 17.9. The van der Waals surface area contributed by atoms with Crippen LogP contribution in [0.2, 0.25) is 0 Å². The van der Waals surface area contributed by atoms with Gasteiger partial charge in [0.05, 0.1) is 0 Å². The summed E-state index contributed by atoms with van der Waals surface area (Å²) in [7, 11) is -1.77. The van der Waals surface area contributed by atoms with Gasteiger partial charge in [-0.15, -0.1) is 9.24 Å². The summed E-state index contributed by atoms with van der Waals surface area (Å²) in [6.07, 6.45) is 0. The molecule has 2 aliphatic carbocycles. The van der Waals surface area contributed by atoms with Crippen molar-refractivity contribution in [2.75, 3.05) is 0 Å². The molecule has 37 heavy (non-hydrogen) atoms. The summed E-state index contributed by atoms with van der Waals surface area (Å²) in [6, 6.07) is 37.0. The maximum absolute atomic E-state index is 12.5. The Morgan fingerprint density at radius 1 is 0.514 bits per heavy atom. The summed E-state index contributed by atoms with van der Waals surface area (Å²) >= 11 is 0. The zero-order chi connectivity index (χ0) is 25.3. The molecule has 3 nitrogen and oxygen atoms in total. The molecule has 1 N–H and O–H groups in total. The SMILES string of the molecule is O=S(=O)(O)c1ccc(C2c3ccccc3-c3ccccc32)c(C2c3ccccc3-c3ccccc32)c1P. The van der Waals surface area contributed by atoms with Gasteiger partial charge in [-0.3, -0.25) is 4.55 Å². The van der Waals surface area contributed by atoms with E-state index in [0.717, 1.165) is 33.4 Å². The zero-order valence-electron chi connectivity index (χ0n) is 19.8. The fourth-order valence-electron chi connectivity index (χ4n) is 6.39. The van der Waals surface area contributed by atoms with Crippen LogP contribution in [-0.2, 0) is 10.1 Å². The van der Waals surface area contributed by atoms with Crippen LogP contribution in [0.3, 0.4) is 0 Å². The smallest absolute Gasteiger partial charge is 0.282 e. The first kappa shape index (κ1) is 22.6. The van der Waals surface area contributed by atoms with Crippen LogP contribution in [0.1, 0.15) is 45.2 Å². The molecular weight excluding hydrogens is 495 g/mol. The Hall–Kier alpha value is -3.56. The van der Waals surface area contributed by atoms with Crippen LogP contribution in [0.25, 0.3) is 22.3 Å². The van der Waals surface area contributed by atoms with Gasteiger partial charge in [-0.05, 0) is 67.0 Å². The van der Waals surface area contributed by atoms with E-state index in [0.29, 0.717) is 5.30 Å². The lowest BCUT2D eigenvalue weighted by atomic mass is 9.79. The Bertz CT molecular complexity index is 1750. The molecule has 1 atom stereocenters. The van der Waals surface area contributed by atoms with E-state index in [1.165, 1.54) is 22.3 Å². The van der Waals surface area contributed by atoms with Crippen molar-refractivity contribution >= 4 is 24.7 Å². The minimum atomic E-state index is -4.42. The Morgan fingerprint density at radius 2 is 0.892 bits per heavy atom. The van der Waals surface area contributed by atoms with Gasteiger partial charge in [0.25, 0.3) is 10.1 Å². The molecule has 0 spiro atoms. The maximum Gasteiger partial charge on any atom is 0.295 e. The van der Waals surface area contributed by atoms with Crippen molar-refractivity contribution < 1.29 is 13.0 Å². The van der Waals surface area contributed by atoms with E-state index in [1.54, 1.807) is 6.07 Å². The molecule has 0 amide bonds. The Kier molecular flexibility index (Phi) is 5.03. The third kappa shape index (κ3) is 3.30. The van der Waals surface area contributed by atoms with Crippen molar-refractivity contribution in [1.29, 1.82) is 0 Å². The van der Waals surface area contributed by atoms with Gasteiger partial charge in [-0.2, -0.15) is 8.42 Å². The maximum atomic E-state index is 12.5. The summed E-state index contributed by atoms with van der Waals surface area (Å²) in [4.78, 5) is -0.0716. The summed E-state index contributed by atoms with van der Waals surface area (Å²) in [5.74, 6) is -0.228. The molecule has 0 aliphatic heterocycles. The molecule has 1 unspecified atom stereocenters. The average molecular weight is 519 g/mol. The van der Waals surface area contributed by atoms with E-state index in [2.05, 4.69) is 82.0 Å². The Balaban J connectivity index is 1.59. The monoisotopic (exact) mass is 518 g/mol. The lowest BCUT2D eigenvalue weighted by molar-refractivity contribution is 0.484. The summed E-state index contributed by atoms with van der Waals surface area (Å²) < 4.78 is 35.1. The first-order valence-corrected chi connectivity index (χ1v) is 14.2. The highest BCUT2D eigenvalue weighted by atomic mass is 32.2. The fraction of sp³-hybridized carbons (Fsp3) is 0.0625. The zero-order valence-corrected chi connectivity index (χ0v) is 21.8. The van der Waals surface area contributed by atoms with Crippen molar-refractivity contribution in [1.82, 2.24) is 0 Å². The van der Waals surface area contributed by atoms with Crippen molar-refractivity contribution in [2.24, 2.45) is 0 Å². The van der Waals surface area contributed by atoms with Crippen LogP contribution >= 0.6 is 9.24 Å². The molecule has 0 saturated carbocycles. The molecule has 180 valence electrons.